The van der Waals surface area contributed by atoms with Crippen LogP contribution in [-0.2, 0) is 0 Å². The molecule has 2 fully saturated rings. The zero-order chi connectivity index (χ0) is 18.5. The average Bonchev–Trinajstić information content (AvgIpc) is 2.74. The van der Waals surface area contributed by atoms with Crippen LogP contribution in [0.1, 0.15) is 81.3 Å². The van der Waals surface area contributed by atoms with Crippen molar-refractivity contribution in [2.45, 2.75) is 76.2 Å². The van der Waals surface area contributed by atoms with E-state index in [1.807, 2.05) is 12.3 Å². The Balaban J connectivity index is 1.72. The van der Waals surface area contributed by atoms with Crippen molar-refractivity contribution in [3.8, 4) is 16.9 Å². The minimum Gasteiger partial charge on any atom is -0.507 e. The highest BCUT2D eigenvalue weighted by molar-refractivity contribution is 5.94. The third-order valence-electron chi connectivity index (χ3n) is 6.37. The summed E-state index contributed by atoms with van der Waals surface area (Å²) < 4.78 is 0. The summed E-state index contributed by atoms with van der Waals surface area (Å²) in [5.74, 6) is 0.952. The quantitative estimate of drug-likeness (QED) is 0.593. The van der Waals surface area contributed by atoms with E-state index in [0.717, 1.165) is 22.3 Å². The fraction of sp³-hybridized carbons (Fsp3) is 0.480. The van der Waals surface area contributed by atoms with E-state index < -0.39 is 0 Å². The number of phenols is 1. The van der Waals surface area contributed by atoms with Crippen LogP contribution in [0.5, 0.6) is 5.75 Å². The first-order valence-corrected chi connectivity index (χ1v) is 10.8. The molecule has 0 saturated heterocycles. The van der Waals surface area contributed by atoms with Gasteiger partial charge in [0.15, 0.2) is 0 Å². The van der Waals surface area contributed by atoms with Gasteiger partial charge in [0.05, 0.1) is 0 Å². The van der Waals surface area contributed by atoms with Crippen LogP contribution in [0.3, 0.4) is 0 Å². The van der Waals surface area contributed by atoms with Crippen LogP contribution < -0.4 is 0 Å². The summed E-state index contributed by atoms with van der Waals surface area (Å²) in [4.78, 5) is 4.90. The molecule has 0 heterocycles. The first kappa shape index (κ1) is 18.3. The molecule has 2 aliphatic carbocycles. The maximum absolute atomic E-state index is 11.2. The fourth-order valence-corrected chi connectivity index (χ4v) is 4.78. The van der Waals surface area contributed by atoms with Gasteiger partial charge in [-0.1, -0.05) is 81.0 Å². The molecular weight excluding hydrogens is 330 g/mol. The van der Waals surface area contributed by atoms with E-state index >= 15 is 0 Å². The van der Waals surface area contributed by atoms with Crippen molar-refractivity contribution in [1.82, 2.24) is 0 Å². The van der Waals surface area contributed by atoms with Gasteiger partial charge in [-0.2, -0.15) is 0 Å². The van der Waals surface area contributed by atoms with Gasteiger partial charge in [-0.25, -0.2) is 0 Å². The lowest BCUT2D eigenvalue weighted by Gasteiger charge is -2.24. The highest BCUT2D eigenvalue weighted by atomic mass is 16.3. The van der Waals surface area contributed by atoms with Crippen molar-refractivity contribution in [2.75, 3.05) is 0 Å². The SMILES string of the molecule is Oc1c(C2CCCCC2)ccc(-c2ccccc2)c1C=NC1CCCCC1. The van der Waals surface area contributed by atoms with Crippen molar-refractivity contribution in [3.63, 3.8) is 0 Å². The lowest BCUT2D eigenvalue weighted by Crippen LogP contribution is -2.10. The molecule has 2 nitrogen and oxygen atoms in total. The van der Waals surface area contributed by atoms with Gasteiger partial charge in [0, 0.05) is 17.8 Å². The summed E-state index contributed by atoms with van der Waals surface area (Å²) >= 11 is 0. The molecule has 0 unspecified atom stereocenters. The molecule has 4 rings (SSSR count). The summed E-state index contributed by atoms with van der Waals surface area (Å²) in [5.41, 5.74) is 4.27. The fourth-order valence-electron chi connectivity index (χ4n) is 4.78. The lowest BCUT2D eigenvalue weighted by atomic mass is 9.82. The van der Waals surface area contributed by atoms with E-state index in [1.54, 1.807) is 0 Å². The number of aliphatic imine (C=N–C) groups is 1. The second kappa shape index (κ2) is 8.73. The second-order valence-electron chi connectivity index (χ2n) is 8.24. The molecule has 27 heavy (non-hydrogen) atoms. The van der Waals surface area contributed by atoms with Crippen molar-refractivity contribution in [3.05, 3.63) is 53.6 Å². The van der Waals surface area contributed by atoms with Crippen molar-refractivity contribution in [1.29, 1.82) is 0 Å². The van der Waals surface area contributed by atoms with Crippen molar-refractivity contribution in [2.24, 2.45) is 4.99 Å². The molecule has 0 amide bonds. The average molecular weight is 362 g/mol. The smallest absolute Gasteiger partial charge is 0.128 e. The molecule has 0 aromatic heterocycles. The zero-order valence-corrected chi connectivity index (χ0v) is 16.2. The number of phenolic OH excluding ortho intramolecular Hbond substituents is 1. The van der Waals surface area contributed by atoms with E-state index in [9.17, 15) is 5.11 Å². The summed E-state index contributed by atoms with van der Waals surface area (Å²) in [6.07, 6.45) is 14.5. The van der Waals surface area contributed by atoms with E-state index in [1.165, 1.54) is 64.2 Å². The van der Waals surface area contributed by atoms with Crippen molar-refractivity contribution < 1.29 is 5.11 Å². The van der Waals surface area contributed by atoms with Crippen LogP contribution in [0.4, 0.5) is 0 Å². The molecule has 2 aromatic rings. The minimum atomic E-state index is 0.417. The van der Waals surface area contributed by atoms with Gasteiger partial charge in [0.1, 0.15) is 5.75 Å². The lowest BCUT2D eigenvalue weighted by molar-refractivity contribution is 0.414. The summed E-state index contributed by atoms with van der Waals surface area (Å²) in [6, 6.07) is 15.2. The third kappa shape index (κ3) is 4.26. The number of benzene rings is 2. The molecule has 1 N–H and O–H groups in total. The molecule has 0 bridgehead atoms. The molecule has 2 aromatic carbocycles. The number of hydrogen-bond acceptors (Lipinski definition) is 2. The Hall–Kier alpha value is -2.09. The number of nitrogens with zero attached hydrogens (tertiary/aromatic N) is 1. The van der Waals surface area contributed by atoms with E-state index in [0.29, 0.717) is 17.7 Å². The van der Waals surface area contributed by atoms with Crippen LogP contribution in [0.25, 0.3) is 11.1 Å². The Morgan fingerprint density at radius 1 is 0.778 bits per heavy atom. The van der Waals surface area contributed by atoms with Gasteiger partial charge < -0.3 is 5.11 Å². The first-order chi connectivity index (χ1) is 13.3. The maximum Gasteiger partial charge on any atom is 0.128 e. The topological polar surface area (TPSA) is 32.6 Å². The Labute approximate surface area is 163 Å². The zero-order valence-electron chi connectivity index (χ0n) is 16.2. The van der Waals surface area contributed by atoms with Crippen LogP contribution in [-0.4, -0.2) is 17.4 Å². The molecule has 2 aliphatic rings. The highest BCUT2D eigenvalue weighted by Gasteiger charge is 2.22. The van der Waals surface area contributed by atoms with Gasteiger partial charge in [0.2, 0.25) is 0 Å². The Bertz CT molecular complexity index is 768. The second-order valence-corrected chi connectivity index (χ2v) is 8.24. The molecular formula is C25H31NO. The number of aromatic hydroxyl groups is 1. The number of hydrogen-bond donors (Lipinski definition) is 1. The Morgan fingerprint density at radius 2 is 1.44 bits per heavy atom. The van der Waals surface area contributed by atoms with Gasteiger partial charge in [-0.15, -0.1) is 0 Å². The predicted octanol–water partition coefficient (Wildman–Crippen LogP) is 6.86. The Morgan fingerprint density at radius 3 is 2.15 bits per heavy atom. The molecule has 0 spiro atoms. The molecule has 2 saturated carbocycles. The highest BCUT2D eigenvalue weighted by Crippen LogP contribution is 2.41. The van der Waals surface area contributed by atoms with Gasteiger partial charge in [0.25, 0.3) is 0 Å². The van der Waals surface area contributed by atoms with E-state index in [2.05, 4.69) is 36.4 Å². The monoisotopic (exact) mass is 361 g/mol. The number of rotatable bonds is 4. The van der Waals surface area contributed by atoms with Crippen LogP contribution in [0.15, 0.2) is 47.5 Å². The van der Waals surface area contributed by atoms with Crippen LogP contribution in [0, 0.1) is 0 Å². The normalized spacial score (nSPS) is 19.6. The van der Waals surface area contributed by atoms with Crippen molar-refractivity contribution >= 4 is 6.21 Å². The molecule has 0 aliphatic heterocycles. The molecule has 142 valence electrons. The molecule has 0 atom stereocenters. The maximum atomic E-state index is 11.2. The summed E-state index contributed by atoms with van der Waals surface area (Å²) in [5, 5.41) is 11.2. The molecule has 0 radical (unpaired) electrons. The van der Waals surface area contributed by atoms with Crippen LogP contribution >= 0.6 is 0 Å². The summed E-state index contributed by atoms with van der Waals surface area (Å²) in [6.45, 7) is 0. The third-order valence-corrected chi connectivity index (χ3v) is 6.37. The summed E-state index contributed by atoms with van der Waals surface area (Å²) in [7, 11) is 0. The standard InChI is InChI=1S/C25H31NO/c27-25-23(20-12-6-2-7-13-20)17-16-22(19-10-4-1-5-11-19)24(25)18-26-21-14-8-3-9-15-21/h1,4-5,10-11,16-18,20-21,27H,2-3,6-9,12-15H2. The Kier molecular flexibility index (Phi) is 5.91. The first-order valence-electron chi connectivity index (χ1n) is 10.8. The minimum absolute atomic E-state index is 0.417. The predicted molar refractivity (Wildman–Crippen MR) is 114 cm³/mol. The van der Waals surface area contributed by atoms with Gasteiger partial charge >= 0.3 is 0 Å². The van der Waals surface area contributed by atoms with E-state index in [4.69, 9.17) is 4.99 Å². The van der Waals surface area contributed by atoms with Gasteiger partial charge in [-0.05, 0) is 48.3 Å². The largest absolute Gasteiger partial charge is 0.507 e. The van der Waals surface area contributed by atoms with Gasteiger partial charge in [-0.3, -0.25) is 4.99 Å². The molecule has 2 heteroatoms. The van der Waals surface area contributed by atoms with E-state index in [-0.39, 0.29) is 0 Å². The van der Waals surface area contributed by atoms with Crippen LogP contribution in [0.2, 0.25) is 0 Å².